The third-order valence-corrected chi connectivity index (χ3v) is 2.70. The summed E-state index contributed by atoms with van der Waals surface area (Å²) in [6, 6.07) is 0.584. The van der Waals surface area contributed by atoms with Crippen LogP contribution >= 0.6 is 0 Å². The van der Waals surface area contributed by atoms with Gasteiger partial charge in [0.15, 0.2) is 0 Å². The van der Waals surface area contributed by atoms with Crippen molar-refractivity contribution >= 4 is 0 Å². The van der Waals surface area contributed by atoms with Crippen molar-refractivity contribution in [2.75, 3.05) is 26.3 Å². The summed E-state index contributed by atoms with van der Waals surface area (Å²) in [7, 11) is 0. The fourth-order valence-corrected chi connectivity index (χ4v) is 1.84. The van der Waals surface area contributed by atoms with E-state index in [-0.39, 0.29) is 13.2 Å². The summed E-state index contributed by atoms with van der Waals surface area (Å²) in [6.07, 6.45) is 4.15. The Morgan fingerprint density at radius 2 is 1.57 bits per heavy atom. The van der Waals surface area contributed by atoms with Gasteiger partial charge in [-0.15, -0.1) is 0 Å². The Kier molecular flexibility index (Phi) is 9.35. The van der Waals surface area contributed by atoms with E-state index in [0.717, 1.165) is 38.8 Å². The summed E-state index contributed by atoms with van der Waals surface area (Å²) in [5.74, 6) is 0. The lowest BCUT2D eigenvalue weighted by Gasteiger charge is -2.29. The Hall–Kier alpha value is -0.120. The molecule has 0 aromatic rings. The third kappa shape index (κ3) is 5.58. The van der Waals surface area contributed by atoms with E-state index in [2.05, 4.69) is 18.7 Å². The Morgan fingerprint density at radius 1 is 0.929 bits per heavy atom. The maximum absolute atomic E-state index is 8.94. The van der Waals surface area contributed by atoms with Crippen LogP contribution in [-0.4, -0.2) is 47.5 Å². The van der Waals surface area contributed by atoms with Gasteiger partial charge in [-0.2, -0.15) is 0 Å². The minimum atomic E-state index is 0.232. The number of hydrogen-bond acceptors (Lipinski definition) is 3. The quantitative estimate of drug-likeness (QED) is 0.554. The Morgan fingerprint density at radius 3 is 2.00 bits per heavy atom. The molecule has 3 nitrogen and oxygen atoms in total. The van der Waals surface area contributed by atoms with E-state index in [1.165, 1.54) is 0 Å². The zero-order valence-corrected chi connectivity index (χ0v) is 9.58. The zero-order valence-electron chi connectivity index (χ0n) is 9.58. The first kappa shape index (κ1) is 13.9. The van der Waals surface area contributed by atoms with E-state index in [9.17, 15) is 0 Å². The van der Waals surface area contributed by atoms with Crippen LogP contribution in [0.5, 0.6) is 0 Å². The molecule has 0 heterocycles. The molecule has 0 fully saturated rings. The van der Waals surface area contributed by atoms with Crippen molar-refractivity contribution < 1.29 is 10.2 Å². The average molecular weight is 203 g/mol. The van der Waals surface area contributed by atoms with Crippen LogP contribution in [0, 0.1) is 0 Å². The fourth-order valence-electron chi connectivity index (χ4n) is 1.84. The van der Waals surface area contributed by atoms with Crippen molar-refractivity contribution in [1.82, 2.24) is 4.90 Å². The summed E-state index contributed by atoms with van der Waals surface area (Å²) in [6.45, 7) is 6.63. The van der Waals surface area contributed by atoms with Gasteiger partial charge < -0.3 is 10.2 Å². The molecule has 0 bridgehead atoms. The standard InChI is InChI=1S/C11H25NO2/c1-3-11(4-2)12(8-10-14)7-5-6-9-13/h11,13-14H,3-10H2,1-2H3. The molecule has 0 saturated carbocycles. The first-order valence-corrected chi connectivity index (χ1v) is 5.75. The summed E-state index contributed by atoms with van der Waals surface area (Å²) in [4.78, 5) is 2.33. The predicted molar refractivity (Wildman–Crippen MR) is 59.3 cm³/mol. The Balaban J connectivity index is 3.85. The summed E-state index contributed by atoms with van der Waals surface area (Å²) in [5, 5.41) is 17.6. The first-order chi connectivity index (χ1) is 6.79. The van der Waals surface area contributed by atoms with Gasteiger partial charge >= 0.3 is 0 Å². The van der Waals surface area contributed by atoms with Gasteiger partial charge in [0.2, 0.25) is 0 Å². The Bertz CT molecular complexity index is 116. The molecule has 0 saturated heterocycles. The molecular formula is C11H25NO2. The van der Waals surface area contributed by atoms with E-state index in [1.807, 2.05) is 0 Å². The van der Waals surface area contributed by atoms with Crippen molar-refractivity contribution in [3.05, 3.63) is 0 Å². The molecule has 14 heavy (non-hydrogen) atoms. The van der Waals surface area contributed by atoms with E-state index >= 15 is 0 Å². The van der Waals surface area contributed by atoms with E-state index in [1.54, 1.807) is 0 Å². The van der Waals surface area contributed by atoms with E-state index in [0.29, 0.717) is 6.04 Å². The van der Waals surface area contributed by atoms with Gasteiger partial charge in [-0.25, -0.2) is 0 Å². The van der Waals surface area contributed by atoms with Gasteiger partial charge in [-0.3, -0.25) is 4.90 Å². The lowest BCUT2D eigenvalue weighted by Crippen LogP contribution is -2.37. The molecule has 0 aliphatic carbocycles. The molecule has 86 valence electrons. The van der Waals surface area contributed by atoms with Crippen molar-refractivity contribution in [3.8, 4) is 0 Å². The molecule has 0 radical (unpaired) electrons. The molecule has 0 unspecified atom stereocenters. The highest BCUT2D eigenvalue weighted by molar-refractivity contribution is 4.68. The van der Waals surface area contributed by atoms with Crippen LogP contribution < -0.4 is 0 Å². The van der Waals surface area contributed by atoms with E-state index in [4.69, 9.17) is 10.2 Å². The van der Waals surface area contributed by atoms with Crippen molar-refractivity contribution in [2.24, 2.45) is 0 Å². The molecule has 3 heteroatoms. The third-order valence-electron chi connectivity index (χ3n) is 2.70. The zero-order chi connectivity index (χ0) is 10.8. The van der Waals surface area contributed by atoms with Gasteiger partial charge in [0.1, 0.15) is 0 Å². The molecule has 0 amide bonds. The normalized spacial score (nSPS) is 11.6. The second kappa shape index (κ2) is 9.44. The Labute approximate surface area is 87.7 Å². The molecule has 0 atom stereocenters. The number of nitrogens with zero attached hydrogens (tertiary/aromatic N) is 1. The predicted octanol–water partition coefficient (Wildman–Crippen LogP) is 1.24. The SMILES string of the molecule is CCC(CC)N(CCO)CCCCO. The van der Waals surface area contributed by atoms with Crippen molar-refractivity contribution in [2.45, 2.75) is 45.6 Å². The first-order valence-electron chi connectivity index (χ1n) is 5.75. The summed E-state index contributed by atoms with van der Waals surface area (Å²) in [5.41, 5.74) is 0. The van der Waals surface area contributed by atoms with Crippen LogP contribution in [0.3, 0.4) is 0 Å². The molecule has 0 spiro atoms. The molecule has 0 aromatic carbocycles. The maximum Gasteiger partial charge on any atom is 0.0558 e. The molecular weight excluding hydrogens is 178 g/mol. The minimum absolute atomic E-state index is 0.232. The number of unbranched alkanes of at least 4 members (excludes halogenated alkanes) is 1. The van der Waals surface area contributed by atoms with Gasteiger partial charge in [0.05, 0.1) is 6.61 Å². The van der Waals surface area contributed by atoms with Gasteiger partial charge in [-0.05, 0) is 32.2 Å². The maximum atomic E-state index is 8.94. The van der Waals surface area contributed by atoms with Crippen LogP contribution in [0.2, 0.25) is 0 Å². The minimum Gasteiger partial charge on any atom is -0.396 e. The van der Waals surface area contributed by atoms with Crippen molar-refractivity contribution in [1.29, 1.82) is 0 Å². The molecule has 0 rings (SSSR count). The molecule has 0 aliphatic rings. The van der Waals surface area contributed by atoms with Crippen molar-refractivity contribution in [3.63, 3.8) is 0 Å². The van der Waals surface area contributed by atoms with Crippen LogP contribution in [-0.2, 0) is 0 Å². The van der Waals surface area contributed by atoms with Crippen LogP contribution in [0.1, 0.15) is 39.5 Å². The second-order valence-corrected chi connectivity index (χ2v) is 3.66. The lowest BCUT2D eigenvalue weighted by atomic mass is 10.1. The molecule has 2 N–H and O–H groups in total. The summed E-state index contributed by atoms with van der Waals surface area (Å²) < 4.78 is 0. The van der Waals surface area contributed by atoms with Crippen LogP contribution in [0.15, 0.2) is 0 Å². The fraction of sp³-hybridized carbons (Fsp3) is 1.00. The lowest BCUT2D eigenvalue weighted by molar-refractivity contribution is 0.138. The number of aliphatic hydroxyl groups excluding tert-OH is 2. The highest BCUT2D eigenvalue weighted by Gasteiger charge is 2.13. The number of aliphatic hydroxyl groups is 2. The topological polar surface area (TPSA) is 43.7 Å². The van der Waals surface area contributed by atoms with Crippen LogP contribution in [0.4, 0.5) is 0 Å². The molecule has 0 aromatic heterocycles. The summed E-state index contributed by atoms with van der Waals surface area (Å²) >= 11 is 0. The smallest absolute Gasteiger partial charge is 0.0558 e. The highest BCUT2D eigenvalue weighted by Crippen LogP contribution is 2.09. The van der Waals surface area contributed by atoms with Gasteiger partial charge in [0, 0.05) is 19.2 Å². The monoisotopic (exact) mass is 203 g/mol. The van der Waals surface area contributed by atoms with Gasteiger partial charge in [0.25, 0.3) is 0 Å². The number of hydrogen-bond donors (Lipinski definition) is 2. The van der Waals surface area contributed by atoms with Crippen LogP contribution in [0.25, 0.3) is 0 Å². The van der Waals surface area contributed by atoms with E-state index < -0.39 is 0 Å². The largest absolute Gasteiger partial charge is 0.396 e. The number of rotatable bonds is 9. The van der Waals surface area contributed by atoms with Gasteiger partial charge in [-0.1, -0.05) is 13.8 Å². The second-order valence-electron chi connectivity index (χ2n) is 3.66. The highest BCUT2D eigenvalue weighted by atomic mass is 16.3. The molecule has 0 aliphatic heterocycles. The average Bonchev–Trinajstić information content (AvgIpc) is 2.20.